The molecule has 0 saturated heterocycles. The van der Waals surface area contributed by atoms with E-state index in [1.54, 1.807) is 14.0 Å². The molecule has 0 heterocycles. The topological polar surface area (TPSA) is 61.5 Å². The SMILES string of the molecule is CCOC(=O)C[C@@H](N)Cc1ccc(OC)cc1. The molecule has 0 aromatic heterocycles. The van der Waals surface area contributed by atoms with Gasteiger partial charge in [0.05, 0.1) is 20.1 Å². The van der Waals surface area contributed by atoms with Crippen molar-refractivity contribution >= 4 is 5.97 Å². The first-order chi connectivity index (χ1) is 8.15. The van der Waals surface area contributed by atoms with Gasteiger partial charge in [0, 0.05) is 6.04 Å². The van der Waals surface area contributed by atoms with Crippen LogP contribution in [0.2, 0.25) is 0 Å². The van der Waals surface area contributed by atoms with Gasteiger partial charge in [-0.05, 0) is 31.0 Å². The minimum absolute atomic E-state index is 0.206. The summed E-state index contributed by atoms with van der Waals surface area (Å²) >= 11 is 0. The van der Waals surface area contributed by atoms with Gasteiger partial charge in [-0.25, -0.2) is 0 Å². The fourth-order valence-electron chi connectivity index (χ4n) is 1.57. The van der Waals surface area contributed by atoms with Crippen LogP contribution in [0.1, 0.15) is 18.9 Å². The van der Waals surface area contributed by atoms with Gasteiger partial charge in [-0.15, -0.1) is 0 Å². The van der Waals surface area contributed by atoms with Gasteiger partial charge in [0.2, 0.25) is 0 Å². The molecule has 0 radical (unpaired) electrons. The van der Waals surface area contributed by atoms with Crippen LogP contribution in [0.3, 0.4) is 0 Å². The number of ether oxygens (including phenoxy) is 2. The molecule has 0 amide bonds. The molecule has 0 aliphatic heterocycles. The molecular formula is C13H19NO3. The van der Waals surface area contributed by atoms with Crippen LogP contribution >= 0.6 is 0 Å². The van der Waals surface area contributed by atoms with E-state index >= 15 is 0 Å². The van der Waals surface area contributed by atoms with Gasteiger partial charge in [-0.2, -0.15) is 0 Å². The lowest BCUT2D eigenvalue weighted by atomic mass is 10.0. The molecule has 94 valence electrons. The molecule has 1 rings (SSSR count). The van der Waals surface area contributed by atoms with Crippen molar-refractivity contribution in [3.05, 3.63) is 29.8 Å². The number of carbonyl (C=O) groups is 1. The van der Waals surface area contributed by atoms with E-state index in [2.05, 4.69) is 0 Å². The minimum atomic E-state index is -0.242. The van der Waals surface area contributed by atoms with Crippen LogP contribution in [0.25, 0.3) is 0 Å². The van der Waals surface area contributed by atoms with Crippen molar-refractivity contribution in [3.8, 4) is 5.75 Å². The van der Waals surface area contributed by atoms with E-state index in [0.717, 1.165) is 11.3 Å². The highest BCUT2D eigenvalue weighted by atomic mass is 16.5. The molecule has 0 aliphatic rings. The summed E-state index contributed by atoms with van der Waals surface area (Å²) in [6.07, 6.45) is 0.905. The van der Waals surface area contributed by atoms with Gasteiger partial charge in [-0.3, -0.25) is 4.79 Å². The number of methoxy groups -OCH3 is 1. The van der Waals surface area contributed by atoms with Crippen molar-refractivity contribution in [2.24, 2.45) is 5.73 Å². The summed E-state index contributed by atoms with van der Waals surface area (Å²) < 4.78 is 9.91. The Balaban J connectivity index is 2.44. The number of rotatable bonds is 6. The zero-order valence-electron chi connectivity index (χ0n) is 10.3. The Morgan fingerprint density at radius 2 is 2.00 bits per heavy atom. The highest BCUT2D eigenvalue weighted by molar-refractivity contribution is 5.70. The summed E-state index contributed by atoms with van der Waals surface area (Å²) in [5, 5.41) is 0. The molecule has 2 N–H and O–H groups in total. The average Bonchev–Trinajstić information content (AvgIpc) is 2.30. The van der Waals surface area contributed by atoms with Crippen molar-refractivity contribution in [1.29, 1.82) is 0 Å². The first-order valence-corrected chi connectivity index (χ1v) is 5.69. The van der Waals surface area contributed by atoms with Crippen LogP contribution in [-0.2, 0) is 16.0 Å². The number of hydrogen-bond donors (Lipinski definition) is 1. The standard InChI is InChI=1S/C13H19NO3/c1-3-17-13(15)9-11(14)8-10-4-6-12(16-2)7-5-10/h4-7,11H,3,8-9,14H2,1-2H3/t11-/m0/s1. The van der Waals surface area contributed by atoms with E-state index in [-0.39, 0.29) is 18.4 Å². The maximum atomic E-state index is 11.2. The van der Waals surface area contributed by atoms with Crippen LogP contribution in [0, 0.1) is 0 Å². The summed E-state index contributed by atoms with van der Waals surface area (Å²) in [6, 6.07) is 7.45. The molecule has 0 saturated carbocycles. The van der Waals surface area contributed by atoms with Crippen molar-refractivity contribution in [2.75, 3.05) is 13.7 Å². The molecule has 17 heavy (non-hydrogen) atoms. The lowest BCUT2D eigenvalue weighted by Gasteiger charge is -2.11. The molecule has 1 atom stereocenters. The molecule has 0 fully saturated rings. The quantitative estimate of drug-likeness (QED) is 0.762. The number of carbonyl (C=O) groups excluding carboxylic acids is 1. The van der Waals surface area contributed by atoms with Gasteiger partial charge in [0.25, 0.3) is 0 Å². The van der Waals surface area contributed by atoms with Crippen molar-refractivity contribution in [1.82, 2.24) is 0 Å². The highest BCUT2D eigenvalue weighted by Gasteiger charge is 2.10. The summed E-state index contributed by atoms with van der Waals surface area (Å²) in [5.74, 6) is 0.571. The van der Waals surface area contributed by atoms with E-state index in [1.165, 1.54) is 0 Å². The van der Waals surface area contributed by atoms with E-state index in [1.807, 2.05) is 24.3 Å². The van der Waals surface area contributed by atoms with Crippen molar-refractivity contribution in [2.45, 2.75) is 25.8 Å². The van der Waals surface area contributed by atoms with Gasteiger partial charge < -0.3 is 15.2 Å². The molecule has 4 nitrogen and oxygen atoms in total. The molecule has 1 aromatic carbocycles. The third-order valence-electron chi connectivity index (χ3n) is 2.39. The van der Waals surface area contributed by atoms with Gasteiger partial charge >= 0.3 is 5.97 Å². The van der Waals surface area contributed by atoms with E-state index in [0.29, 0.717) is 13.0 Å². The first-order valence-electron chi connectivity index (χ1n) is 5.69. The lowest BCUT2D eigenvalue weighted by Crippen LogP contribution is -2.27. The molecule has 1 aromatic rings. The zero-order chi connectivity index (χ0) is 12.7. The Labute approximate surface area is 102 Å². The summed E-state index contributed by atoms with van der Waals surface area (Å²) in [7, 11) is 1.63. The van der Waals surface area contributed by atoms with Crippen LogP contribution < -0.4 is 10.5 Å². The van der Waals surface area contributed by atoms with Crippen LogP contribution in [-0.4, -0.2) is 25.7 Å². The maximum Gasteiger partial charge on any atom is 0.307 e. The molecule has 0 unspecified atom stereocenters. The highest BCUT2D eigenvalue weighted by Crippen LogP contribution is 2.13. The average molecular weight is 237 g/mol. The van der Waals surface area contributed by atoms with Crippen LogP contribution in [0.5, 0.6) is 5.75 Å². The maximum absolute atomic E-state index is 11.2. The third kappa shape index (κ3) is 4.87. The summed E-state index contributed by atoms with van der Waals surface area (Å²) in [6.45, 7) is 2.18. The minimum Gasteiger partial charge on any atom is -0.497 e. The monoisotopic (exact) mass is 237 g/mol. The second-order valence-corrected chi connectivity index (χ2v) is 3.82. The molecule has 0 bridgehead atoms. The second kappa shape index (κ2) is 6.91. The smallest absolute Gasteiger partial charge is 0.307 e. The second-order valence-electron chi connectivity index (χ2n) is 3.82. The first kappa shape index (κ1) is 13.5. The fourth-order valence-corrected chi connectivity index (χ4v) is 1.57. The van der Waals surface area contributed by atoms with E-state index in [4.69, 9.17) is 15.2 Å². The van der Waals surface area contributed by atoms with Crippen LogP contribution in [0.15, 0.2) is 24.3 Å². The molecule has 0 aliphatic carbocycles. The number of nitrogens with two attached hydrogens (primary N) is 1. The summed E-state index contributed by atoms with van der Waals surface area (Å²) in [4.78, 5) is 11.2. The predicted molar refractivity (Wildman–Crippen MR) is 65.9 cm³/mol. The number of esters is 1. The van der Waals surface area contributed by atoms with Crippen molar-refractivity contribution < 1.29 is 14.3 Å². The normalized spacial score (nSPS) is 11.9. The van der Waals surface area contributed by atoms with Crippen LogP contribution in [0.4, 0.5) is 0 Å². The Kier molecular flexibility index (Phi) is 5.49. The third-order valence-corrected chi connectivity index (χ3v) is 2.39. The lowest BCUT2D eigenvalue weighted by molar-refractivity contribution is -0.143. The van der Waals surface area contributed by atoms with E-state index in [9.17, 15) is 4.79 Å². The predicted octanol–water partition coefficient (Wildman–Crippen LogP) is 1.52. The molecule has 4 heteroatoms. The molecule has 0 spiro atoms. The fraction of sp³-hybridized carbons (Fsp3) is 0.462. The van der Waals surface area contributed by atoms with Crippen molar-refractivity contribution in [3.63, 3.8) is 0 Å². The Hall–Kier alpha value is -1.55. The van der Waals surface area contributed by atoms with Gasteiger partial charge in [0.15, 0.2) is 0 Å². The Bertz CT molecular complexity index is 348. The van der Waals surface area contributed by atoms with Gasteiger partial charge in [0.1, 0.15) is 5.75 Å². The van der Waals surface area contributed by atoms with Gasteiger partial charge in [-0.1, -0.05) is 12.1 Å². The number of hydrogen-bond acceptors (Lipinski definition) is 4. The Morgan fingerprint density at radius 1 is 1.35 bits per heavy atom. The summed E-state index contributed by atoms with van der Waals surface area (Å²) in [5.41, 5.74) is 6.96. The number of benzene rings is 1. The zero-order valence-corrected chi connectivity index (χ0v) is 10.3. The molecular weight excluding hydrogens is 218 g/mol. The van der Waals surface area contributed by atoms with E-state index < -0.39 is 0 Å². The Morgan fingerprint density at radius 3 is 2.53 bits per heavy atom. The largest absolute Gasteiger partial charge is 0.497 e.